The minimum atomic E-state index is -1.30. The average molecular weight is 236 g/mol. The number of aryl methyl sites for hydroxylation is 1. The van der Waals surface area contributed by atoms with E-state index in [1.807, 2.05) is 19.1 Å². The number of anilines is 1. The number of carbonyl (C=O) groups is 2. The second-order valence-electron chi connectivity index (χ2n) is 3.58. The fraction of sp³-hybridized carbons (Fsp3) is 0.333. The van der Waals surface area contributed by atoms with Crippen LogP contribution >= 0.6 is 0 Å². The maximum absolute atomic E-state index is 11.6. The van der Waals surface area contributed by atoms with Gasteiger partial charge in [0.2, 0.25) is 0 Å². The van der Waals surface area contributed by atoms with Crippen molar-refractivity contribution in [2.24, 2.45) is 5.73 Å². The van der Waals surface area contributed by atoms with E-state index in [-0.39, 0.29) is 6.61 Å². The van der Waals surface area contributed by atoms with E-state index in [1.54, 1.807) is 19.1 Å². The van der Waals surface area contributed by atoms with Gasteiger partial charge in [0.15, 0.2) is 6.04 Å². The van der Waals surface area contributed by atoms with Crippen LogP contribution in [0.5, 0.6) is 0 Å². The molecule has 0 bridgehead atoms. The zero-order valence-corrected chi connectivity index (χ0v) is 9.90. The summed E-state index contributed by atoms with van der Waals surface area (Å²) in [6.45, 7) is 3.79. The van der Waals surface area contributed by atoms with E-state index >= 15 is 0 Å². The lowest BCUT2D eigenvalue weighted by molar-refractivity contribution is -0.146. The van der Waals surface area contributed by atoms with Gasteiger partial charge in [-0.15, -0.1) is 0 Å². The molecular weight excluding hydrogens is 220 g/mol. The van der Waals surface area contributed by atoms with Crippen LogP contribution in [0.3, 0.4) is 0 Å². The van der Waals surface area contributed by atoms with Crippen LogP contribution in [0.1, 0.15) is 12.5 Å². The summed E-state index contributed by atoms with van der Waals surface area (Å²) in [6, 6.07) is 5.89. The summed E-state index contributed by atoms with van der Waals surface area (Å²) in [5, 5.41) is 2.54. The fourth-order valence-electron chi connectivity index (χ4n) is 1.20. The second kappa shape index (κ2) is 6.00. The number of hydrogen-bond acceptors (Lipinski definition) is 4. The van der Waals surface area contributed by atoms with Crippen molar-refractivity contribution in [1.29, 1.82) is 0 Å². The van der Waals surface area contributed by atoms with E-state index in [9.17, 15) is 9.59 Å². The Morgan fingerprint density at radius 2 is 1.94 bits per heavy atom. The molecule has 1 unspecified atom stereocenters. The molecule has 0 spiro atoms. The minimum absolute atomic E-state index is 0.199. The molecule has 5 heteroatoms. The number of nitrogens with two attached hydrogens (primary N) is 1. The number of esters is 1. The summed E-state index contributed by atoms with van der Waals surface area (Å²) in [7, 11) is 0. The van der Waals surface area contributed by atoms with E-state index in [4.69, 9.17) is 5.73 Å². The van der Waals surface area contributed by atoms with Gasteiger partial charge in [0.25, 0.3) is 5.91 Å². The van der Waals surface area contributed by atoms with Gasteiger partial charge in [-0.1, -0.05) is 17.7 Å². The summed E-state index contributed by atoms with van der Waals surface area (Å²) in [5.41, 5.74) is 7.12. The molecule has 0 fully saturated rings. The third-order valence-electron chi connectivity index (χ3n) is 2.14. The maximum atomic E-state index is 11.6. The molecule has 92 valence electrons. The van der Waals surface area contributed by atoms with E-state index in [2.05, 4.69) is 10.1 Å². The summed E-state index contributed by atoms with van der Waals surface area (Å²) >= 11 is 0. The standard InChI is InChI=1S/C12H16N2O3/c1-3-17-12(16)10(13)11(15)14-9-6-4-8(2)5-7-9/h4-7,10H,3,13H2,1-2H3,(H,14,15). The number of carbonyl (C=O) groups excluding carboxylic acids is 2. The number of hydrogen-bond donors (Lipinski definition) is 2. The molecule has 5 nitrogen and oxygen atoms in total. The lowest BCUT2D eigenvalue weighted by Crippen LogP contribution is -2.43. The van der Waals surface area contributed by atoms with Crippen molar-refractivity contribution >= 4 is 17.6 Å². The zero-order valence-electron chi connectivity index (χ0n) is 9.90. The van der Waals surface area contributed by atoms with Crippen molar-refractivity contribution in [3.8, 4) is 0 Å². The number of ether oxygens (including phenoxy) is 1. The van der Waals surface area contributed by atoms with Gasteiger partial charge in [-0.05, 0) is 26.0 Å². The van der Waals surface area contributed by atoms with Crippen LogP contribution in [0.25, 0.3) is 0 Å². The Morgan fingerprint density at radius 1 is 1.35 bits per heavy atom. The van der Waals surface area contributed by atoms with Gasteiger partial charge < -0.3 is 15.8 Å². The predicted molar refractivity (Wildman–Crippen MR) is 64.4 cm³/mol. The minimum Gasteiger partial charge on any atom is -0.464 e. The van der Waals surface area contributed by atoms with Gasteiger partial charge >= 0.3 is 5.97 Å². The maximum Gasteiger partial charge on any atom is 0.332 e. The fourth-order valence-corrected chi connectivity index (χ4v) is 1.20. The van der Waals surface area contributed by atoms with Crippen molar-refractivity contribution in [3.05, 3.63) is 29.8 Å². The first-order valence-corrected chi connectivity index (χ1v) is 5.34. The molecule has 0 saturated carbocycles. The molecule has 1 aromatic rings. The molecule has 1 atom stereocenters. The van der Waals surface area contributed by atoms with Crippen LogP contribution in [0.2, 0.25) is 0 Å². The third kappa shape index (κ3) is 3.88. The quantitative estimate of drug-likeness (QED) is 0.599. The van der Waals surface area contributed by atoms with Gasteiger partial charge in [-0.2, -0.15) is 0 Å². The molecule has 0 heterocycles. The van der Waals surface area contributed by atoms with Crippen molar-refractivity contribution in [2.75, 3.05) is 11.9 Å². The molecule has 0 aliphatic heterocycles. The summed E-state index contributed by atoms with van der Waals surface area (Å²) < 4.78 is 4.66. The summed E-state index contributed by atoms with van der Waals surface area (Å²) in [5.74, 6) is -1.30. The molecule has 0 saturated heterocycles. The van der Waals surface area contributed by atoms with E-state index < -0.39 is 17.9 Å². The first-order valence-electron chi connectivity index (χ1n) is 5.34. The summed E-state index contributed by atoms with van der Waals surface area (Å²) in [4.78, 5) is 22.8. The highest BCUT2D eigenvalue weighted by molar-refractivity contribution is 6.08. The molecule has 0 aliphatic carbocycles. The van der Waals surface area contributed by atoms with E-state index in [0.29, 0.717) is 5.69 Å². The smallest absolute Gasteiger partial charge is 0.332 e. The third-order valence-corrected chi connectivity index (χ3v) is 2.14. The predicted octanol–water partition coefficient (Wildman–Crippen LogP) is 0.824. The normalized spacial score (nSPS) is 11.7. The molecule has 1 amide bonds. The number of amides is 1. The Bertz CT molecular complexity index is 401. The lowest BCUT2D eigenvalue weighted by Gasteiger charge is -2.11. The lowest BCUT2D eigenvalue weighted by atomic mass is 10.2. The van der Waals surface area contributed by atoms with Crippen LogP contribution in [0.4, 0.5) is 5.69 Å². The van der Waals surface area contributed by atoms with Crippen molar-refractivity contribution in [1.82, 2.24) is 0 Å². The Balaban J connectivity index is 2.59. The molecule has 1 rings (SSSR count). The largest absolute Gasteiger partial charge is 0.464 e. The van der Waals surface area contributed by atoms with Crippen LogP contribution in [0, 0.1) is 6.92 Å². The monoisotopic (exact) mass is 236 g/mol. The average Bonchev–Trinajstić information content (AvgIpc) is 2.31. The Labute approximate surface area is 99.9 Å². The second-order valence-corrected chi connectivity index (χ2v) is 3.58. The SMILES string of the molecule is CCOC(=O)C(N)C(=O)Nc1ccc(C)cc1. The first-order chi connectivity index (χ1) is 8.04. The van der Waals surface area contributed by atoms with Gasteiger partial charge in [-0.25, -0.2) is 4.79 Å². The van der Waals surface area contributed by atoms with Crippen molar-refractivity contribution < 1.29 is 14.3 Å². The zero-order chi connectivity index (χ0) is 12.8. The number of benzene rings is 1. The number of rotatable bonds is 4. The molecule has 0 aliphatic rings. The Kier molecular flexibility index (Phi) is 4.66. The van der Waals surface area contributed by atoms with Crippen LogP contribution in [-0.4, -0.2) is 24.5 Å². The van der Waals surface area contributed by atoms with Gasteiger partial charge in [0.1, 0.15) is 0 Å². The van der Waals surface area contributed by atoms with Crippen molar-refractivity contribution in [2.45, 2.75) is 19.9 Å². The molecule has 1 aromatic carbocycles. The molecular formula is C12H16N2O3. The molecule has 0 aromatic heterocycles. The number of nitrogens with one attached hydrogen (secondary N) is 1. The topological polar surface area (TPSA) is 81.4 Å². The highest BCUT2D eigenvalue weighted by Gasteiger charge is 2.23. The molecule has 3 N–H and O–H groups in total. The highest BCUT2D eigenvalue weighted by atomic mass is 16.5. The Morgan fingerprint density at radius 3 is 2.47 bits per heavy atom. The highest BCUT2D eigenvalue weighted by Crippen LogP contribution is 2.08. The van der Waals surface area contributed by atoms with Crippen LogP contribution in [0.15, 0.2) is 24.3 Å². The van der Waals surface area contributed by atoms with Gasteiger partial charge in [0.05, 0.1) is 6.61 Å². The van der Waals surface area contributed by atoms with Crippen LogP contribution < -0.4 is 11.1 Å². The first kappa shape index (κ1) is 13.2. The van der Waals surface area contributed by atoms with Gasteiger partial charge in [-0.3, -0.25) is 4.79 Å². The molecule has 17 heavy (non-hydrogen) atoms. The van der Waals surface area contributed by atoms with E-state index in [0.717, 1.165) is 5.56 Å². The van der Waals surface area contributed by atoms with Crippen LogP contribution in [-0.2, 0) is 14.3 Å². The Hall–Kier alpha value is -1.88. The van der Waals surface area contributed by atoms with Crippen molar-refractivity contribution in [3.63, 3.8) is 0 Å². The summed E-state index contributed by atoms with van der Waals surface area (Å²) in [6.07, 6.45) is 0. The van der Waals surface area contributed by atoms with E-state index in [1.165, 1.54) is 0 Å². The van der Waals surface area contributed by atoms with Gasteiger partial charge in [0, 0.05) is 5.69 Å². The molecule has 0 radical (unpaired) electrons.